The SMILES string of the molecule is Cc1ccc(SCc2ncoc2C)c(N)c1. The summed E-state index contributed by atoms with van der Waals surface area (Å²) in [6.45, 7) is 3.95. The zero-order valence-corrected chi connectivity index (χ0v) is 10.2. The van der Waals surface area contributed by atoms with Crippen LogP contribution in [0.4, 0.5) is 5.69 Å². The number of aromatic nitrogens is 1. The second-order valence-corrected chi connectivity index (χ2v) is 4.70. The summed E-state index contributed by atoms with van der Waals surface area (Å²) >= 11 is 1.68. The molecule has 0 amide bonds. The van der Waals surface area contributed by atoms with Gasteiger partial charge in [-0.15, -0.1) is 11.8 Å². The van der Waals surface area contributed by atoms with Crippen molar-refractivity contribution in [1.82, 2.24) is 4.98 Å². The Bertz CT molecular complexity index is 494. The summed E-state index contributed by atoms with van der Waals surface area (Å²) in [5, 5.41) is 0. The van der Waals surface area contributed by atoms with Crippen LogP contribution in [0.2, 0.25) is 0 Å². The highest BCUT2D eigenvalue weighted by Gasteiger charge is 2.05. The van der Waals surface area contributed by atoms with Crippen LogP contribution in [-0.2, 0) is 5.75 Å². The van der Waals surface area contributed by atoms with E-state index in [9.17, 15) is 0 Å². The van der Waals surface area contributed by atoms with Crippen molar-refractivity contribution in [3.05, 3.63) is 41.6 Å². The zero-order chi connectivity index (χ0) is 11.5. The van der Waals surface area contributed by atoms with Crippen molar-refractivity contribution in [2.75, 3.05) is 5.73 Å². The van der Waals surface area contributed by atoms with Crippen LogP contribution in [0.15, 0.2) is 33.9 Å². The van der Waals surface area contributed by atoms with Gasteiger partial charge in [0.05, 0.1) is 5.69 Å². The Kier molecular flexibility index (Phi) is 3.19. The molecule has 1 aromatic carbocycles. The first kappa shape index (κ1) is 11.1. The van der Waals surface area contributed by atoms with Gasteiger partial charge in [0.25, 0.3) is 0 Å². The maximum absolute atomic E-state index is 5.93. The summed E-state index contributed by atoms with van der Waals surface area (Å²) in [6.07, 6.45) is 1.48. The number of nitrogens with two attached hydrogens (primary N) is 1. The van der Waals surface area contributed by atoms with Crippen molar-refractivity contribution in [2.24, 2.45) is 0 Å². The summed E-state index contributed by atoms with van der Waals surface area (Å²) in [6, 6.07) is 6.09. The van der Waals surface area contributed by atoms with Crippen LogP contribution in [0.25, 0.3) is 0 Å². The smallest absolute Gasteiger partial charge is 0.181 e. The fourth-order valence-electron chi connectivity index (χ4n) is 1.41. The van der Waals surface area contributed by atoms with Crippen LogP contribution in [-0.4, -0.2) is 4.98 Å². The fourth-order valence-corrected chi connectivity index (χ4v) is 2.37. The first-order valence-electron chi connectivity index (χ1n) is 5.04. The summed E-state index contributed by atoms with van der Waals surface area (Å²) in [4.78, 5) is 5.24. The van der Waals surface area contributed by atoms with Crippen LogP contribution >= 0.6 is 11.8 Å². The summed E-state index contributed by atoms with van der Waals surface area (Å²) in [5.41, 5.74) is 8.92. The normalized spacial score (nSPS) is 10.6. The molecule has 84 valence electrons. The summed E-state index contributed by atoms with van der Waals surface area (Å²) < 4.78 is 5.15. The minimum absolute atomic E-state index is 0.787. The topological polar surface area (TPSA) is 52.0 Å². The molecule has 0 fully saturated rings. The van der Waals surface area contributed by atoms with E-state index in [2.05, 4.69) is 11.1 Å². The lowest BCUT2D eigenvalue weighted by Gasteiger charge is -2.05. The third-order valence-corrected chi connectivity index (χ3v) is 3.47. The first-order valence-corrected chi connectivity index (χ1v) is 6.03. The minimum Gasteiger partial charge on any atom is -0.448 e. The number of rotatable bonds is 3. The second-order valence-electron chi connectivity index (χ2n) is 3.69. The maximum Gasteiger partial charge on any atom is 0.181 e. The Morgan fingerprint density at radius 3 is 2.81 bits per heavy atom. The average molecular weight is 234 g/mol. The van der Waals surface area contributed by atoms with Crippen molar-refractivity contribution in [1.29, 1.82) is 0 Å². The quantitative estimate of drug-likeness (QED) is 0.654. The molecule has 0 saturated heterocycles. The third kappa shape index (κ3) is 2.39. The lowest BCUT2D eigenvalue weighted by molar-refractivity contribution is 0.525. The summed E-state index contributed by atoms with van der Waals surface area (Å²) in [5.74, 6) is 1.66. The molecular formula is C12H14N2OS. The first-order chi connectivity index (χ1) is 7.66. The number of nitrogens with zero attached hydrogens (tertiary/aromatic N) is 1. The lowest BCUT2D eigenvalue weighted by Crippen LogP contribution is -1.90. The Morgan fingerprint density at radius 1 is 1.38 bits per heavy atom. The molecular weight excluding hydrogens is 220 g/mol. The van der Waals surface area contributed by atoms with E-state index in [-0.39, 0.29) is 0 Å². The van der Waals surface area contributed by atoms with Gasteiger partial charge < -0.3 is 10.2 Å². The van der Waals surface area contributed by atoms with E-state index in [1.54, 1.807) is 11.8 Å². The number of benzene rings is 1. The third-order valence-electron chi connectivity index (χ3n) is 2.37. The van der Waals surface area contributed by atoms with Gasteiger partial charge in [0, 0.05) is 16.3 Å². The Hall–Kier alpha value is -1.42. The molecule has 1 heterocycles. The number of nitrogen functional groups attached to an aromatic ring is 1. The highest BCUT2D eigenvalue weighted by atomic mass is 32.2. The van der Waals surface area contributed by atoms with Crippen LogP contribution < -0.4 is 5.73 Å². The Morgan fingerprint density at radius 2 is 2.19 bits per heavy atom. The number of aryl methyl sites for hydroxylation is 2. The highest BCUT2D eigenvalue weighted by Crippen LogP contribution is 2.29. The minimum atomic E-state index is 0.787. The van der Waals surface area contributed by atoms with Gasteiger partial charge in [0.15, 0.2) is 6.39 Å². The van der Waals surface area contributed by atoms with Gasteiger partial charge in [0.2, 0.25) is 0 Å². The summed E-state index contributed by atoms with van der Waals surface area (Å²) in [7, 11) is 0. The van der Waals surface area contributed by atoms with Crippen LogP contribution in [0, 0.1) is 13.8 Å². The van der Waals surface area contributed by atoms with E-state index >= 15 is 0 Å². The second kappa shape index (κ2) is 4.61. The van der Waals surface area contributed by atoms with Gasteiger partial charge in [-0.25, -0.2) is 4.98 Å². The van der Waals surface area contributed by atoms with Crippen LogP contribution in [0.1, 0.15) is 17.0 Å². The van der Waals surface area contributed by atoms with Gasteiger partial charge in [-0.05, 0) is 31.5 Å². The largest absolute Gasteiger partial charge is 0.448 e. The van der Waals surface area contributed by atoms with E-state index < -0.39 is 0 Å². The van der Waals surface area contributed by atoms with Gasteiger partial charge in [-0.2, -0.15) is 0 Å². The van der Waals surface area contributed by atoms with Crippen molar-refractivity contribution in [3.8, 4) is 0 Å². The molecule has 1 aromatic heterocycles. The molecule has 0 radical (unpaired) electrons. The predicted octanol–water partition coefficient (Wildman–Crippen LogP) is 3.17. The molecule has 16 heavy (non-hydrogen) atoms. The van der Waals surface area contributed by atoms with Gasteiger partial charge in [0.1, 0.15) is 5.76 Å². The molecule has 2 aromatic rings. The molecule has 0 aliphatic heterocycles. The molecule has 2 N–H and O–H groups in total. The van der Waals surface area contributed by atoms with Gasteiger partial charge in [-0.3, -0.25) is 0 Å². The number of anilines is 1. The van der Waals surface area contributed by atoms with Crippen LogP contribution in [0.3, 0.4) is 0 Å². The standard InChI is InChI=1S/C12H14N2OS/c1-8-3-4-12(10(13)5-8)16-6-11-9(2)15-7-14-11/h3-5,7H,6,13H2,1-2H3. The number of hydrogen-bond donors (Lipinski definition) is 1. The number of oxazole rings is 1. The van der Waals surface area contributed by atoms with Crippen molar-refractivity contribution in [2.45, 2.75) is 24.5 Å². The average Bonchev–Trinajstić information content (AvgIpc) is 2.63. The van der Waals surface area contributed by atoms with Crippen molar-refractivity contribution >= 4 is 17.4 Å². The maximum atomic E-state index is 5.93. The van der Waals surface area contributed by atoms with E-state index in [4.69, 9.17) is 10.2 Å². The van der Waals surface area contributed by atoms with Crippen molar-refractivity contribution in [3.63, 3.8) is 0 Å². The highest BCUT2D eigenvalue weighted by molar-refractivity contribution is 7.98. The molecule has 2 rings (SSSR count). The molecule has 0 atom stereocenters. The molecule has 0 saturated carbocycles. The fraction of sp³-hybridized carbons (Fsp3) is 0.250. The molecule has 0 spiro atoms. The number of thioether (sulfide) groups is 1. The molecule has 0 bridgehead atoms. The van der Waals surface area contributed by atoms with E-state index in [0.29, 0.717) is 0 Å². The Balaban J connectivity index is 2.08. The van der Waals surface area contributed by atoms with Gasteiger partial charge >= 0.3 is 0 Å². The lowest BCUT2D eigenvalue weighted by atomic mass is 10.2. The Labute approximate surface area is 99.1 Å². The molecule has 0 aliphatic carbocycles. The predicted molar refractivity (Wildman–Crippen MR) is 66.4 cm³/mol. The van der Waals surface area contributed by atoms with Crippen LogP contribution in [0.5, 0.6) is 0 Å². The molecule has 0 unspecified atom stereocenters. The van der Waals surface area contributed by atoms with E-state index in [1.807, 2.05) is 26.0 Å². The van der Waals surface area contributed by atoms with E-state index in [0.717, 1.165) is 27.8 Å². The number of hydrogen-bond acceptors (Lipinski definition) is 4. The van der Waals surface area contributed by atoms with Crippen molar-refractivity contribution < 1.29 is 4.42 Å². The zero-order valence-electron chi connectivity index (χ0n) is 9.36. The molecule has 3 nitrogen and oxygen atoms in total. The van der Waals surface area contributed by atoms with E-state index in [1.165, 1.54) is 12.0 Å². The molecule has 0 aliphatic rings. The monoisotopic (exact) mass is 234 g/mol. The van der Waals surface area contributed by atoms with Gasteiger partial charge in [-0.1, -0.05) is 6.07 Å². The molecule has 4 heteroatoms.